The Balaban J connectivity index is 2.05. The minimum atomic E-state index is -0.106. The molecule has 2 rings (SSSR count). The van der Waals surface area contributed by atoms with Crippen molar-refractivity contribution < 1.29 is 4.39 Å². The summed E-state index contributed by atoms with van der Waals surface area (Å²) in [5.41, 5.74) is 0.801. The maximum Gasteiger partial charge on any atom is 0.128 e. The SMILES string of the molecule is CC1CCN(Cc2ccc(Br)cc2F)C(C)C1. The molecule has 3 heteroatoms. The largest absolute Gasteiger partial charge is 0.296 e. The van der Waals surface area contributed by atoms with Gasteiger partial charge in [-0.25, -0.2) is 4.39 Å². The molecule has 0 amide bonds. The molecule has 2 atom stereocenters. The lowest BCUT2D eigenvalue weighted by Crippen LogP contribution is -2.39. The zero-order valence-corrected chi connectivity index (χ0v) is 12.0. The highest BCUT2D eigenvalue weighted by Crippen LogP contribution is 2.25. The Bertz CT molecular complexity index is 394. The molecule has 1 aromatic rings. The number of piperidine rings is 1. The van der Waals surface area contributed by atoms with Crippen molar-refractivity contribution in [3.05, 3.63) is 34.1 Å². The third-order valence-corrected chi connectivity index (χ3v) is 4.16. The third-order valence-electron chi connectivity index (χ3n) is 3.66. The van der Waals surface area contributed by atoms with E-state index in [4.69, 9.17) is 0 Å². The van der Waals surface area contributed by atoms with Crippen LogP contribution >= 0.6 is 15.9 Å². The van der Waals surface area contributed by atoms with E-state index in [9.17, 15) is 4.39 Å². The fourth-order valence-electron chi connectivity index (χ4n) is 2.56. The van der Waals surface area contributed by atoms with Crippen LogP contribution in [0.25, 0.3) is 0 Å². The monoisotopic (exact) mass is 299 g/mol. The van der Waals surface area contributed by atoms with Crippen molar-refractivity contribution in [3.8, 4) is 0 Å². The van der Waals surface area contributed by atoms with E-state index in [1.165, 1.54) is 12.8 Å². The first-order chi connectivity index (χ1) is 8.06. The van der Waals surface area contributed by atoms with Gasteiger partial charge >= 0.3 is 0 Å². The van der Waals surface area contributed by atoms with E-state index < -0.39 is 0 Å². The molecular formula is C14H19BrFN. The van der Waals surface area contributed by atoms with Gasteiger partial charge in [0.25, 0.3) is 0 Å². The van der Waals surface area contributed by atoms with Crippen LogP contribution in [0.5, 0.6) is 0 Å². The number of rotatable bonds is 2. The molecular weight excluding hydrogens is 281 g/mol. The molecule has 0 bridgehead atoms. The molecule has 1 heterocycles. The van der Waals surface area contributed by atoms with Crippen LogP contribution in [0.3, 0.4) is 0 Å². The molecule has 1 aliphatic rings. The zero-order valence-electron chi connectivity index (χ0n) is 10.4. The first kappa shape index (κ1) is 13.0. The Kier molecular flexibility index (Phi) is 4.21. The minimum Gasteiger partial charge on any atom is -0.296 e. The molecule has 0 saturated carbocycles. The first-order valence-corrected chi connectivity index (χ1v) is 7.03. The van der Waals surface area contributed by atoms with Gasteiger partial charge in [-0.05, 0) is 44.4 Å². The van der Waals surface area contributed by atoms with E-state index in [0.29, 0.717) is 6.04 Å². The Morgan fingerprint density at radius 3 is 2.82 bits per heavy atom. The molecule has 94 valence electrons. The lowest BCUT2D eigenvalue weighted by atomic mass is 9.93. The molecule has 1 aromatic carbocycles. The summed E-state index contributed by atoms with van der Waals surface area (Å²) < 4.78 is 14.6. The number of hydrogen-bond donors (Lipinski definition) is 0. The van der Waals surface area contributed by atoms with Crippen LogP contribution in [0.1, 0.15) is 32.3 Å². The molecule has 1 nitrogen and oxygen atoms in total. The summed E-state index contributed by atoms with van der Waals surface area (Å²) in [6.07, 6.45) is 2.45. The standard InChI is InChI=1S/C14H19BrFN/c1-10-5-6-17(11(2)7-10)9-12-3-4-13(15)8-14(12)16/h3-4,8,10-11H,5-7,9H2,1-2H3. The number of nitrogens with zero attached hydrogens (tertiary/aromatic N) is 1. The quantitative estimate of drug-likeness (QED) is 0.791. The normalized spacial score (nSPS) is 26.1. The van der Waals surface area contributed by atoms with Crippen molar-refractivity contribution in [2.24, 2.45) is 5.92 Å². The van der Waals surface area contributed by atoms with Gasteiger partial charge in [0, 0.05) is 22.6 Å². The Hall–Kier alpha value is -0.410. The van der Waals surface area contributed by atoms with Gasteiger partial charge in [0.15, 0.2) is 0 Å². The van der Waals surface area contributed by atoms with E-state index in [1.807, 2.05) is 12.1 Å². The summed E-state index contributed by atoms with van der Waals surface area (Å²) in [5.74, 6) is 0.696. The summed E-state index contributed by atoms with van der Waals surface area (Å²) >= 11 is 3.29. The van der Waals surface area contributed by atoms with Crippen LogP contribution in [0.15, 0.2) is 22.7 Å². The molecule has 0 radical (unpaired) electrons. The molecule has 0 spiro atoms. The van der Waals surface area contributed by atoms with Crippen LogP contribution < -0.4 is 0 Å². The molecule has 1 saturated heterocycles. The van der Waals surface area contributed by atoms with Gasteiger partial charge in [-0.15, -0.1) is 0 Å². The van der Waals surface area contributed by atoms with Crippen molar-refractivity contribution in [1.29, 1.82) is 0 Å². The lowest BCUT2D eigenvalue weighted by Gasteiger charge is -2.36. The topological polar surface area (TPSA) is 3.24 Å². The van der Waals surface area contributed by atoms with Gasteiger partial charge in [0.2, 0.25) is 0 Å². The van der Waals surface area contributed by atoms with Gasteiger partial charge in [0.1, 0.15) is 5.82 Å². The van der Waals surface area contributed by atoms with Crippen LogP contribution in [-0.2, 0) is 6.54 Å². The highest BCUT2D eigenvalue weighted by Gasteiger charge is 2.23. The summed E-state index contributed by atoms with van der Waals surface area (Å²) in [4.78, 5) is 2.38. The summed E-state index contributed by atoms with van der Waals surface area (Å²) in [6, 6.07) is 5.90. The van der Waals surface area contributed by atoms with Crippen molar-refractivity contribution >= 4 is 15.9 Å². The number of benzene rings is 1. The van der Waals surface area contributed by atoms with E-state index in [0.717, 1.165) is 29.0 Å². The molecule has 0 N–H and O–H groups in total. The highest BCUT2D eigenvalue weighted by atomic mass is 79.9. The van der Waals surface area contributed by atoms with Gasteiger partial charge in [0.05, 0.1) is 0 Å². The van der Waals surface area contributed by atoms with Gasteiger partial charge in [-0.1, -0.05) is 28.9 Å². The lowest BCUT2D eigenvalue weighted by molar-refractivity contribution is 0.121. The van der Waals surface area contributed by atoms with E-state index in [1.54, 1.807) is 6.07 Å². The fourth-order valence-corrected chi connectivity index (χ4v) is 2.89. The zero-order chi connectivity index (χ0) is 12.4. The molecule has 0 aliphatic carbocycles. The average Bonchev–Trinajstić information content (AvgIpc) is 2.25. The molecule has 1 aliphatic heterocycles. The highest BCUT2D eigenvalue weighted by molar-refractivity contribution is 9.10. The molecule has 1 fully saturated rings. The van der Waals surface area contributed by atoms with Crippen LogP contribution in [0.2, 0.25) is 0 Å². The van der Waals surface area contributed by atoms with Crippen molar-refractivity contribution in [3.63, 3.8) is 0 Å². The van der Waals surface area contributed by atoms with Gasteiger partial charge < -0.3 is 0 Å². The molecule has 17 heavy (non-hydrogen) atoms. The van der Waals surface area contributed by atoms with Crippen molar-refractivity contribution in [2.45, 2.75) is 39.3 Å². The smallest absolute Gasteiger partial charge is 0.128 e. The second-order valence-corrected chi connectivity index (χ2v) is 6.10. The fraction of sp³-hybridized carbons (Fsp3) is 0.571. The van der Waals surface area contributed by atoms with E-state index in [2.05, 4.69) is 34.7 Å². The predicted molar refractivity (Wildman–Crippen MR) is 72.4 cm³/mol. The van der Waals surface area contributed by atoms with Crippen LogP contribution in [0.4, 0.5) is 4.39 Å². The minimum absolute atomic E-state index is 0.106. The predicted octanol–water partition coefficient (Wildman–Crippen LogP) is 4.21. The van der Waals surface area contributed by atoms with Gasteiger partial charge in [-0.2, -0.15) is 0 Å². The maximum absolute atomic E-state index is 13.8. The van der Waals surface area contributed by atoms with Crippen LogP contribution in [0, 0.1) is 11.7 Å². The Labute approximate surface area is 111 Å². The Morgan fingerprint density at radius 1 is 1.41 bits per heavy atom. The van der Waals surface area contributed by atoms with Crippen LogP contribution in [-0.4, -0.2) is 17.5 Å². The number of likely N-dealkylation sites (tertiary alicyclic amines) is 1. The summed E-state index contributed by atoms with van der Waals surface area (Å²) in [7, 11) is 0. The Morgan fingerprint density at radius 2 is 2.18 bits per heavy atom. The second kappa shape index (κ2) is 5.49. The molecule has 0 aromatic heterocycles. The summed E-state index contributed by atoms with van der Waals surface area (Å²) in [5, 5.41) is 0. The second-order valence-electron chi connectivity index (χ2n) is 5.18. The van der Waals surface area contributed by atoms with E-state index >= 15 is 0 Å². The number of hydrogen-bond acceptors (Lipinski definition) is 1. The number of halogens is 2. The van der Waals surface area contributed by atoms with Gasteiger partial charge in [-0.3, -0.25) is 4.90 Å². The maximum atomic E-state index is 13.8. The average molecular weight is 300 g/mol. The first-order valence-electron chi connectivity index (χ1n) is 6.24. The van der Waals surface area contributed by atoms with Crippen molar-refractivity contribution in [2.75, 3.05) is 6.54 Å². The van der Waals surface area contributed by atoms with Crippen molar-refractivity contribution in [1.82, 2.24) is 4.90 Å². The molecule has 2 unspecified atom stereocenters. The van der Waals surface area contributed by atoms with E-state index in [-0.39, 0.29) is 5.82 Å². The third kappa shape index (κ3) is 3.29. The summed E-state index contributed by atoms with van der Waals surface area (Å²) in [6.45, 7) is 6.35.